The molecule has 0 aromatic heterocycles. The lowest BCUT2D eigenvalue weighted by Crippen LogP contribution is -2.38. The van der Waals surface area contributed by atoms with Crippen molar-refractivity contribution in [2.24, 2.45) is 23.7 Å². The summed E-state index contributed by atoms with van der Waals surface area (Å²) in [5.41, 5.74) is 2.25. The topological polar surface area (TPSA) is 57.7 Å². The van der Waals surface area contributed by atoms with Crippen LogP contribution in [0.3, 0.4) is 0 Å². The van der Waals surface area contributed by atoms with Crippen molar-refractivity contribution in [2.45, 2.75) is 25.8 Å². The summed E-state index contributed by atoms with van der Waals surface area (Å²) in [7, 11) is 0. The van der Waals surface area contributed by atoms with Crippen LogP contribution in [0.25, 0.3) is 0 Å². The van der Waals surface area contributed by atoms with Crippen molar-refractivity contribution in [3.8, 4) is 0 Å². The summed E-state index contributed by atoms with van der Waals surface area (Å²) in [6, 6.07) is 20.0. The number of hydrogen-bond acceptors (Lipinski definition) is 3. The number of likely N-dealkylation sites (tertiary alicyclic amines) is 1. The zero-order valence-electron chi connectivity index (χ0n) is 18.1. The largest absolute Gasteiger partial charge is 0.338 e. The Morgan fingerprint density at radius 1 is 0.844 bits per heavy atom. The van der Waals surface area contributed by atoms with E-state index in [-0.39, 0.29) is 54.4 Å². The van der Waals surface area contributed by atoms with Gasteiger partial charge >= 0.3 is 0 Å². The fraction of sp³-hybridized carbons (Fsp3) is 0.370. The van der Waals surface area contributed by atoms with Crippen LogP contribution in [-0.2, 0) is 27.3 Å². The van der Waals surface area contributed by atoms with E-state index in [1.165, 1.54) is 10.5 Å². The van der Waals surface area contributed by atoms with Gasteiger partial charge in [0, 0.05) is 26.1 Å². The Morgan fingerprint density at radius 3 is 2.00 bits per heavy atom. The zero-order valence-corrected chi connectivity index (χ0v) is 18.1. The van der Waals surface area contributed by atoms with Crippen LogP contribution < -0.4 is 0 Å². The molecule has 3 amide bonds. The predicted molar refractivity (Wildman–Crippen MR) is 121 cm³/mol. The number of fused-ring (bicyclic) bond motifs is 5. The summed E-state index contributed by atoms with van der Waals surface area (Å²) in [5.74, 6) is -0.196. The van der Waals surface area contributed by atoms with E-state index in [0.717, 1.165) is 18.4 Å². The highest BCUT2D eigenvalue weighted by atomic mass is 16.2. The lowest BCUT2D eigenvalue weighted by molar-refractivity contribution is -0.141. The van der Waals surface area contributed by atoms with E-state index in [0.29, 0.717) is 13.1 Å². The molecule has 1 aliphatic heterocycles. The molecule has 0 radical (unpaired) electrons. The second-order valence-electron chi connectivity index (χ2n) is 9.11. The van der Waals surface area contributed by atoms with Crippen LogP contribution in [0.5, 0.6) is 0 Å². The van der Waals surface area contributed by atoms with Gasteiger partial charge in [0.1, 0.15) is 0 Å². The van der Waals surface area contributed by atoms with Crippen molar-refractivity contribution < 1.29 is 14.4 Å². The number of carbonyl (C=O) groups excluding carboxylic acids is 3. The molecule has 1 heterocycles. The molecule has 5 rings (SSSR count). The molecule has 2 fully saturated rings. The third-order valence-electron chi connectivity index (χ3n) is 7.19. The van der Waals surface area contributed by atoms with Gasteiger partial charge in [-0.15, -0.1) is 0 Å². The highest BCUT2D eigenvalue weighted by Gasteiger charge is 2.59. The minimum Gasteiger partial charge on any atom is -0.338 e. The molecular weight excluding hydrogens is 400 g/mol. The van der Waals surface area contributed by atoms with E-state index in [1.807, 2.05) is 53.4 Å². The maximum absolute atomic E-state index is 13.2. The lowest BCUT2D eigenvalue weighted by Gasteiger charge is -2.24. The SMILES string of the molecule is O=C(CCN1C(=O)[C@H]2[C@H](C1=O)[C@H]1C=C[C@H]2C1)N(CCc1ccccc1)Cc1ccccc1. The van der Waals surface area contributed by atoms with Gasteiger partial charge in [-0.2, -0.15) is 0 Å². The Balaban J connectivity index is 1.24. The number of imide groups is 1. The second kappa shape index (κ2) is 8.73. The average Bonchev–Trinajstić information content (AvgIpc) is 3.50. The van der Waals surface area contributed by atoms with Gasteiger partial charge in [-0.3, -0.25) is 19.3 Å². The van der Waals surface area contributed by atoms with Crippen LogP contribution in [0.15, 0.2) is 72.8 Å². The third kappa shape index (κ3) is 3.88. The first kappa shape index (κ1) is 20.7. The molecule has 0 unspecified atom stereocenters. The fourth-order valence-corrected chi connectivity index (χ4v) is 5.55. The highest BCUT2D eigenvalue weighted by Crippen LogP contribution is 2.52. The predicted octanol–water partition coefficient (Wildman–Crippen LogP) is 3.46. The fourth-order valence-electron chi connectivity index (χ4n) is 5.55. The van der Waals surface area contributed by atoms with Crippen molar-refractivity contribution in [3.63, 3.8) is 0 Å². The number of benzene rings is 2. The average molecular weight is 429 g/mol. The number of amides is 3. The highest BCUT2D eigenvalue weighted by molar-refractivity contribution is 6.06. The number of carbonyl (C=O) groups is 3. The van der Waals surface area contributed by atoms with Crippen LogP contribution in [0, 0.1) is 23.7 Å². The van der Waals surface area contributed by atoms with E-state index in [1.54, 1.807) is 0 Å². The molecule has 0 N–H and O–H groups in total. The van der Waals surface area contributed by atoms with Crippen molar-refractivity contribution >= 4 is 17.7 Å². The zero-order chi connectivity index (χ0) is 22.1. The molecule has 32 heavy (non-hydrogen) atoms. The van der Waals surface area contributed by atoms with Gasteiger partial charge in [0.25, 0.3) is 0 Å². The molecule has 1 saturated heterocycles. The maximum atomic E-state index is 13.2. The minimum atomic E-state index is -0.203. The second-order valence-corrected chi connectivity index (χ2v) is 9.11. The molecule has 5 nitrogen and oxygen atoms in total. The number of nitrogens with zero attached hydrogens (tertiary/aromatic N) is 2. The molecule has 2 aromatic carbocycles. The summed E-state index contributed by atoms with van der Waals surface area (Å²) in [6.45, 7) is 1.30. The Labute approximate surface area is 188 Å². The normalized spacial score (nSPS) is 25.4. The summed E-state index contributed by atoms with van der Waals surface area (Å²) in [4.78, 5) is 42.2. The van der Waals surface area contributed by atoms with E-state index >= 15 is 0 Å². The third-order valence-corrected chi connectivity index (χ3v) is 7.19. The van der Waals surface area contributed by atoms with Crippen LogP contribution in [0.4, 0.5) is 0 Å². The molecule has 2 aliphatic carbocycles. The van der Waals surface area contributed by atoms with Crippen molar-refractivity contribution in [1.82, 2.24) is 9.80 Å². The molecule has 2 bridgehead atoms. The van der Waals surface area contributed by atoms with Gasteiger partial charge in [0.15, 0.2) is 0 Å². The first-order chi connectivity index (χ1) is 15.6. The van der Waals surface area contributed by atoms with Crippen LogP contribution >= 0.6 is 0 Å². The molecule has 5 heteroatoms. The Kier molecular flexibility index (Phi) is 5.64. The van der Waals surface area contributed by atoms with Gasteiger partial charge in [-0.25, -0.2) is 0 Å². The molecule has 4 atom stereocenters. The van der Waals surface area contributed by atoms with Gasteiger partial charge in [0.05, 0.1) is 11.8 Å². The van der Waals surface area contributed by atoms with Crippen molar-refractivity contribution in [3.05, 3.63) is 83.9 Å². The first-order valence-corrected chi connectivity index (χ1v) is 11.5. The Bertz CT molecular complexity index is 1000. The van der Waals surface area contributed by atoms with Gasteiger partial charge in [-0.05, 0) is 35.8 Å². The van der Waals surface area contributed by atoms with Gasteiger partial charge in [0.2, 0.25) is 17.7 Å². The number of allylic oxidation sites excluding steroid dienone is 2. The molecule has 2 aromatic rings. The standard InChI is InChI=1S/C27H28N2O3/c30-23(14-16-29-26(31)24-21-11-12-22(17-21)25(24)27(29)32)28(18-20-9-5-2-6-10-20)15-13-19-7-3-1-4-8-19/h1-12,21-22,24-25H,13-18H2/t21-,22-,24+,25+/m0/s1. The van der Waals surface area contributed by atoms with E-state index in [2.05, 4.69) is 24.3 Å². The van der Waals surface area contributed by atoms with Crippen molar-refractivity contribution in [1.29, 1.82) is 0 Å². The van der Waals surface area contributed by atoms with E-state index in [9.17, 15) is 14.4 Å². The number of rotatable bonds is 8. The quantitative estimate of drug-likeness (QED) is 0.478. The van der Waals surface area contributed by atoms with Crippen LogP contribution in [0.2, 0.25) is 0 Å². The van der Waals surface area contributed by atoms with Crippen LogP contribution in [0.1, 0.15) is 24.0 Å². The smallest absolute Gasteiger partial charge is 0.233 e. The van der Waals surface area contributed by atoms with Gasteiger partial charge < -0.3 is 4.90 Å². The number of hydrogen-bond donors (Lipinski definition) is 0. The molecule has 1 saturated carbocycles. The molecule has 0 spiro atoms. The maximum Gasteiger partial charge on any atom is 0.233 e. The summed E-state index contributed by atoms with van der Waals surface area (Å²) in [6.07, 6.45) is 6.04. The molecule has 164 valence electrons. The van der Waals surface area contributed by atoms with E-state index in [4.69, 9.17) is 0 Å². The van der Waals surface area contributed by atoms with Crippen molar-refractivity contribution in [2.75, 3.05) is 13.1 Å². The molecular formula is C27H28N2O3. The monoisotopic (exact) mass is 428 g/mol. The van der Waals surface area contributed by atoms with E-state index < -0.39 is 0 Å². The Hall–Kier alpha value is -3.21. The van der Waals surface area contributed by atoms with Gasteiger partial charge in [-0.1, -0.05) is 72.8 Å². The minimum absolute atomic E-state index is 0.0245. The summed E-state index contributed by atoms with van der Waals surface area (Å²) in [5, 5.41) is 0. The van der Waals surface area contributed by atoms with Crippen LogP contribution in [-0.4, -0.2) is 40.6 Å². The molecule has 3 aliphatic rings. The summed E-state index contributed by atoms with van der Waals surface area (Å²) < 4.78 is 0. The Morgan fingerprint density at radius 2 is 1.41 bits per heavy atom. The summed E-state index contributed by atoms with van der Waals surface area (Å²) >= 11 is 0. The lowest BCUT2D eigenvalue weighted by atomic mass is 9.85. The first-order valence-electron chi connectivity index (χ1n) is 11.5.